The van der Waals surface area contributed by atoms with Crippen LogP contribution in [0.1, 0.15) is 48.9 Å². The zero-order valence-corrected chi connectivity index (χ0v) is 10.8. The summed E-state index contributed by atoms with van der Waals surface area (Å²) in [6.45, 7) is 5.45. The summed E-state index contributed by atoms with van der Waals surface area (Å²) in [6.07, 6.45) is 3.38. The van der Waals surface area contributed by atoms with Crippen LogP contribution in [-0.2, 0) is 4.74 Å². The van der Waals surface area contributed by atoms with Gasteiger partial charge in [-0.2, -0.15) is 0 Å². The molecule has 1 aliphatic heterocycles. The number of hydrogen-bond donors (Lipinski definition) is 1. The van der Waals surface area contributed by atoms with Gasteiger partial charge in [-0.3, -0.25) is 4.79 Å². The molecule has 1 saturated heterocycles. The van der Waals surface area contributed by atoms with E-state index in [-0.39, 0.29) is 17.9 Å². The molecule has 0 atom stereocenters. The van der Waals surface area contributed by atoms with E-state index in [2.05, 4.69) is 15.3 Å². The number of rotatable bonds is 3. The highest BCUT2D eigenvalue weighted by atomic mass is 16.5. The first-order valence-corrected chi connectivity index (χ1v) is 6.38. The standard InChI is InChI=1S/C13H19N3O2/c1-9(2)12-14-6-3-11(16-12)13(17)15-10-4-7-18-8-5-10/h3,6,9-10H,4-5,7-8H2,1-2H3,(H,15,17). The van der Waals surface area contributed by atoms with Gasteiger partial charge in [0.1, 0.15) is 11.5 Å². The second-order valence-corrected chi connectivity index (χ2v) is 4.81. The summed E-state index contributed by atoms with van der Waals surface area (Å²) in [4.78, 5) is 20.5. The van der Waals surface area contributed by atoms with Gasteiger partial charge in [0.05, 0.1) is 0 Å². The lowest BCUT2D eigenvalue weighted by Crippen LogP contribution is -2.39. The topological polar surface area (TPSA) is 64.1 Å². The lowest BCUT2D eigenvalue weighted by atomic mass is 10.1. The molecule has 0 aromatic carbocycles. The molecular formula is C13H19N3O2. The second-order valence-electron chi connectivity index (χ2n) is 4.81. The summed E-state index contributed by atoms with van der Waals surface area (Å²) in [6, 6.07) is 1.85. The number of nitrogens with zero attached hydrogens (tertiary/aromatic N) is 2. The third-order valence-electron chi connectivity index (χ3n) is 2.98. The number of ether oxygens (including phenoxy) is 1. The van der Waals surface area contributed by atoms with E-state index in [0.29, 0.717) is 24.7 Å². The van der Waals surface area contributed by atoms with Crippen molar-refractivity contribution in [1.82, 2.24) is 15.3 Å². The van der Waals surface area contributed by atoms with Crippen molar-refractivity contribution in [3.63, 3.8) is 0 Å². The molecule has 1 N–H and O–H groups in total. The average molecular weight is 249 g/mol. The highest BCUT2D eigenvalue weighted by molar-refractivity contribution is 5.92. The number of hydrogen-bond acceptors (Lipinski definition) is 4. The first kappa shape index (κ1) is 13.0. The highest BCUT2D eigenvalue weighted by Crippen LogP contribution is 2.10. The number of nitrogens with one attached hydrogen (secondary N) is 1. The molecule has 0 aliphatic carbocycles. The lowest BCUT2D eigenvalue weighted by Gasteiger charge is -2.22. The second kappa shape index (κ2) is 5.91. The Morgan fingerprint density at radius 2 is 2.17 bits per heavy atom. The fourth-order valence-electron chi connectivity index (χ4n) is 1.88. The molecule has 0 spiro atoms. The van der Waals surface area contributed by atoms with E-state index < -0.39 is 0 Å². The fourth-order valence-corrected chi connectivity index (χ4v) is 1.88. The van der Waals surface area contributed by atoms with Crippen molar-refractivity contribution < 1.29 is 9.53 Å². The van der Waals surface area contributed by atoms with Crippen LogP contribution < -0.4 is 5.32 Å². The van der Waals surface area contributed by atoms with Crippen LogP contribution >= 0.6 is 0 Å². The van der Waals surface area contributed by atoms with Gasteiger partial charge in [0.15, 0.2) is 0 Å². The van der Waals surface area contributed by atoms with Crippen molar-refractivity contribution in [2.75, 3.05) is 13.2 Å². The summed E-state index contributed by atoms with van der Waals surface area (Å²) in [5.41, 5.74) is 0.445. The summed E-state index contributed by atoms with van der Waals surface area (Å²) < 4.78 is 5.26. The molecule has 1 aromatic heterocycles. The van der Waals surface area contributed by atoms with E-state index >= 15 is 0 Å². The van der Waals surface area contributed by atoms with Crippen molar-refractivity contribution in [3.05, 3.63) is 23.8 Å². The zero-order valence-electron chi connectivity index (χ0n) is 10.8. The molecule has 1 aromatic rings. The molecule has 0 saturated carbocycles. The van der Waals surface area contributed by atoms with Crippen molar-refractivity contribution in [2.45, 2.75) is 38.6 Å². The van der Waals surface area contributed by atoms with Gasteiger partial charge in [-0.15, -0.1) is 0 Å². The highest BCUT2D eigenvalue weighted by Gasteiger charge is 2.18. The zero-order chi connectivity index (χ0) is 13.0. The van der Waals surface area contributed by atoms with E-state index in [9.17, 15) is 4.79 Å². The van der Waals surface area contributed by atoms with Gasteiger partial charge >= 0.3 is 0 Å². The van der Waals surface area contributed by atoms with Gasteiger partial charge < -0.3 is 10.1 Å². The Labute approximate surface area is 107 Å². The van der Waals surface area contributed by atoms with Gasteiger partial charge in [0.2, 0.25) is 0 Å². The predicted octanol–water partition coefficient (Wildman–Crippen LogP) is 1.51. The van der Waals surface area contributed by atoms with Crippen LogP contribution in [0.2, 0.25) is 0 Å². The maximum absolute atomic E-state index is 12.0. The van der Waals surface area contributed by atoms with Crippen LogP contribution in [0.15, 0.2) is 12.3 Å². The minimum Gasteiger partial charge on any atom is -0.381 e. The summed E-state index contributed by atoms with van der Waals surface area (Å²) >= 11 is 0. The SMILES string of the molecule is CC(C)c1nccc(C(=O)NC2CCOCC2)n1. The molecule has 5 nitrogen and oxygen atoms in total. The first-order chi connectivity index (χ1) is 8.66. The maximum atomic E-state index is 12.0. The minimum atomic E-state index is -0.119. The van der Waals surface area contributed by atoms with Crippen LogP contribution in [0.4, 0.5) is 0 Å². The molecule has 18 heavy (non-hydrogen) atoms. The van der Waals surface area contributed by atoms with E-state index in [4.69, 9.17) is 4.74 Å². The maximum Gasteiger partial charge on any atom is 0.270 e. The molecule has 2 heterocycles. The molecule has 1 fully saturated rings. The van der Waals surface area contributed by atoms with Crippen molar-refractivity contribution >= 4 is 5.91 Å². The molecule has 98 valence electrons. The molecule has 5 heteroatoms. The predicted molar refractivity (Wildman–Crippen MR) is 67.4 cm³/mol. The monoisotopic (exact) mass is 249 g/mol. The first-order valence-electron chi connectivity index (χ1n) is 6.38. The van der Waals surface area contributed by atoms with Gasteiger partial charge in [-0.1, -0.05) is 13.8 Å². The number of carbonyl (C=O) groups is 1. The Morgan fingerprint density at radius 1 is 1.44 bits per heavy atom. The quantitative estimate of drug-likeness (QED) is 0.882. The van der Waals surface area contributed by atoms with E-state index in [1.807, 2.05) is 13.8 Å². The lowest BCUT2D eigenvalue weighted by molar-refractivity contribution is 0.0694. The van der Waals surface area contributed by atoms with Crippen LogP contribution in [0.3, 0.4) is 0 Å². The van der Waals surface area contributed by atoms with Crippen molar-refractivity contribution in [2.24, 2.45) is 0 Å². The Bertz CT molecular complexity index is 414. The van der Waals surface area contributed by atoms with Crippen LogP contribution in [0.5, 0.6) is 0 Å². The Balaban J connectivity index is 2.01. The third kappa shape index (κ3) is 3.26. The Kier molecular flexibility index (Phi) is 4.25. The smallest absolute Gasteiger partial charge is 0.270 e. The molecule has 0 radical (unpaired) electrons. The average Bonchev–Trinajstić information content (AvgIpc) is 2.40. The van der Waals surface area contributed by atoms with Crippen molar-refractivity contribution in [1.29, 1.82) is 0 Å². The number of carbonyl (C=O) groups excluding carboxylic acids is 1. The Hall–Kier alpha value is -1.49. The van der Waals surface area contributed by atoms with E-state index in [0.717, 1.165) is 12.8 Å². The van der Waals surface area contributed by atoms with Crippen LogP contribution in [0, 0.1) is 0 Å². The fraction of sp³-hybridized carbons (Fsp3) is 0.615. The molecule has 1 aliphatic rings. The van der Waals surface area contributed by atoms with Gasteiger partial charge in [-0.05, 0) is 18.9 Å². The molecule has 2 rings (SSSR count). The molecular weight excluding hydrogens is 230 g/mol. The van der Waals surface area contributed by atoms with Gasteiger partial charge in [-0.25, -0.2) is 9.97 Å². The molecule has 1 amide bonds. The summed E-state index contributed by atoms with van der Waals surface area (Å²) in [7, 11) is 0. The van der Waals surface area contributed by atoms with Crippen LogP contribution in [0.25, 0.3) is 0 Å². The normalized spacial score (nSPS) is 16.8. The Morgan fingerprint density at radius 3 is 2.83 bits per heavy atom. The summed E-state index contributed by atoms with van der Waals surface area (Å²) in [5, 5.41) is 2.99. The van der Waals surface area contributed by atoms with E-state index in [1.54, 1.807) is 12.3 Å². The van der Waals surface area contributed by atoms with Gasteiger partial charge in [0.25, 0.3) is 5.91 Å². The van der Waals surface area contributed by atoms with E-state index in [1.165, 1.54) is 0 Å². The van der Waals surface area contributed by atoms with Gasteiger partial charge in [0, 0.05) is 31.4 Å². The third-order valence-corrected chi connectivity index (χ3v) is 2.98. The molecule has 0 unspecified atom stereocenters. The minimum absolute atomic E-state index is 0.119. The summed E-state index contributed by atoms with van der Waals surface area (Å²) in [5.74, 6) is 0.807. The van der Waals surface area contributed by atoms with Crippen LogP contribution in [-0.4, -0.2) is 35.1 Å². The van der Waals surface area contributed by atoms with Crippen molar-refractivity contribution in [3.8, 4) is 0 Å². The number of amides is 1. The largest absolute Gasteiger partial charge is 0.381 e. The molecule has 0 bridgehead atoms. The number of aromatic nitrogens is 2.